The molecule has 2 fully saturated rings. The summed E-state index contributed by atoms with van der Waals surface area (Å²) >= 11 is 0. The van der Waals surface area contributed by atoms with Gasteiger partial charge in [-0.3, -0.25) is 9.59 Å². The molecule has 124 valence electrons. The van der Waals surface area contributed by atoms with Crippen molar-refractivity contribution in [2.45, 2.75) is 11.7 Å². The first-order valence-electron chi connectivity index (χ1n) is 7.32. The van der Waals surface area contributed by atoms with Gasteiger partial charge >= 0.3 is 11.9 Å². The number of nitrogens with zero attached hydrogens (tertiary/aromatic N) is 1. The van der Waals surface area contributed by atoms with E-state index in [1.807, 2.05) is 0 Å². The fraction of sp³-hybridized carbons (Fsp3) is 0.312. The van der Waals surface area contributed by atoms with Crippen molar-refractivity contribution in [2.75, 3.05) is 11.4 Å². The van der Waals surface area contributed by atoms with Crippen LogP contribution in [0.5, 0.6) is 5.75 Å². The van der Waals surface area contributed by atoms with Gasteiger partial charge in [0.1, 0.15) is 22.8 Å². The molecular weight excluding hydrogens is 318 g/mol. The average molecular weight is 331 g/mol. The molecule has 2 bridgehead atoms. The topological polar surface area (TPSA) is 124 Å². The van der Waals surface area contributed by atoms with Crippen molar-refractivity contribution < 1.29 is 34.4 Å². The van der Waals surface area contributed by atoms with Crippen molar-refractivity contribution >= 4 is 23.5 Å². The predicted octanol–water partition coefficient (Wildman–Crippen LogP) is 0.461. The Balaban J connectivity index is 1.72. The van der Waals surface area contributed by atoms with Gasteiger partial charge < -0.3 is 25.0 Å². The maximum Gasteiger partial charge on any atom is 0.339 e. The molecule has 1 amide bonds. The number of ether oxygens (including phenoxy) is 1. The minimum Gasteiger partial charge on any atom is -0.507 e. The predicted molar refractivity (Wildman–Crippen MR) is 78.8 cm³/mol. The summed E-state index contributed by atoms with van der Waals surface area (Å²) in [5.41, 5.74) is -0.952. The van der Waals surface area contributed by atoms with Crippen molar-refractivity contribution in [1.29, 1.82) is 0 Å². The van der Waals surface area contributed by atoms with Gasteiger partial charge in [-0.1, -0.05) is 12.2 Å². The number of anilines is 1. The Labute approximate surface area is 135 Å². The molecule has 0 saturated carbocycles. The number of carboxylic acid groups (broad SMARTS) is 2. The van der Waals surface area contributed by atoms with Gasteiger partial charge in [-0.2, -0.15) is 0 Å². The number of phenols is 1. The Kier molecular flexibility index (Phi) is 2.80. The van der Waals surface area contributed by atoms with Gasteiger partial charge in [0.2, 0.25) is 5.91 Å². The van der Waals surface area contributed by atoms with Gasteiger partial charge in [0.25, 0.3) is 0 Å². The first-order chi connectivity index (χ1) is 11.3. The van der Waals surface area contributed by atoms with E-state index in [0.717, 1.165) is 0 Å². The van der Waals surface area contributed by atoms with Gasteiger partial charge in [0.05, 0.1) is 18.6 Å². The standard InChI is InChI=1S/C16H13NO7/c18-9-5-7(1-2-8(9)14(20)21)17-6-16-4-3-10(24-16)11(15(22)23)12(16)13(17)19/h1-5,10-12,18H,6H2,(H,20,21)(H,22,23). The second-order valence-corrected chi connectivity index (χ2v) is 6.17. The first-order valence-corrected chi connectivity index (χ1v) is 7.32. The number of carbonyl (C=O) groups excluding carboxylic acids is 1. The van der Waals surface area contributed by atoms with Crippen molar-refractivity contribution in [3.8, 4) is 5.75 Å². The number of aromatic carboxylic acids is 1. The number of rotatable bonds is 3. The summed E-state index contributed by atoms with van der Waals surface area (Å²) in [6.45, 7) is 0.124. The summed E-state index contributed by atoms with van der Waals surface area (Å²) < 4.78 is 5.76. The number of carboxylic acids is 2. The van der Waals surface area contributed by atoms with Crippen LogP contribution in [0.2, 0.25) is 0 Å². The van der Waals surface area contributed by atoms with Crippen LogP contribution in [0.25, 0.3) is 0 Å². The summed E-state index contributed by atoms with van der Waals surface area (Å²) in [5, 5.41) is 28.2. The minimum atomic E-state index is -1.28. The number of carbonyl (C=O) groups is 3. The van der Waals surface area contributed by atoms with Crippen LogP contribution in [0.15, 0.2) is 30.4 Å². The van der Waals surface area contributed by atoms with Gasteiger partial charge in [-0.15, -0.1) is 0 Å². The summed E-state index contributed by atoms with van der Waals surface area (Å²) in [7, 11) is 0. The zero-order valence-electron chi connectivity index (χ0n) is 12.2. The molecule has 0 aliphatic carbocycles. The Morgan fingerprint density at radius 2 is 2.04 bits per heavy atom. The molecule has 1 aromatic carbocycles. The fourth-order valence-electron chi connectivity index (χ4n) is 3.87. The maximum absolute atomic E-state index is 12.8. The van der Waals surface area contributed by atoms with E-state index in [4.69, 9.17) is 9.84 Å². The molecule has 3 heterocycles. The third kappa shape index (κ3) is 1.74. The molecule has 2 saturated heterocycles. The molecule has 3 aliphatic heterocycles. The molecule has 0 radical (unpaired) electrons. The quantitative estimate of drug-likeness (QED) is 0.687. The third-order valence-corrected chi connectivity index (χ3v) is 4.91. The monoisotopic (exact) mass is 331 g/mol. The zero-order chi connectivity index (χ0) is 17.2. The van der Waals surface area contributed by atoms with Crippen molar-refractivity contribution in [2.24, 2.45) is 11.8 Å². The molecule has 24 heavy (non-hydrogen) atoms. The highest BCUT2D eigenvalue weighted by atomic mass is 16.5. The number of hydrogen-bond donors (Lipinski definition) is 3. The lowest BCUT2D eigenvalue weighted by Crippen LogP contribution is -2.39. The largest absolute Gasteiger partial charge is 0.507 e. The highest BCUT2D eigenvalue weighted by Crippen LogP contribution is 2.52. The van der Waals surface area contributed by atoms with Crippen LogP contribution in [0, 0.1) is 11.8 Å². The van der Waals surface area contributed by atoms with Crippen LogP contribution in [0.3, 0.4) is 0 Å². The van der Waals surface area contributed by atoms with Gasteiger partial charge in [0, 0.05) is 11.8 Å². The minimum absolute atomic E-state index is 0.124. The second kappa shape index (κ2) is 4.57. The van der Waals surface area contributed by atoms with Crippen molar-refractivity contribution in [3.05, 3.63) is 35.9 Å². The SMILES string of the molecule is O=C(O)c1ccc(N2CC34C=CC(O3)C(C(=O)O)C4C2=O)cc1O. The lowest BCUT2D eigenvalue weighted by Gasteiger charge is -2.21. The highest BCUT2D eigenvalue weighted by Gasteiger charge is 2.67. The van der Waals surface area contributed by atoms with Crippen LogP contribution >= 0.6 is 0 Å². The summed E-state index contributed by atoms with van der Waals surface area (Å²) in [6, 6.07) is 3.80. The molecule has 4 unspecified atom stereocenters. The molecular formula is C16H13NO7. The highest BCUT2D eigenvalue weighted by molar-refractivity contribution is 6.03. The van der Waals surface area contributed by atoms with E-state index in [0.29, 0.717) is 5.69 Å². The zero-order valence-corrected chi connectivity index (χ0v) is 12.2. The molecule has 3 aliphatic rings. The van der Waals surface area contributed by atoms with E-state index >= 15 is 0 Å². The van der Waals surface area contributed by atoms with E-state index in [1.54, 1.807) is 12.2 Å². The summed E-state index contributed by atoms with van der Waals surface area (Å²) in [5.74, 6) is -5.01. The average Bonchev–Trinajstić information content (AvgIpc) is 3.15. The molecule has 1 aromatic rings. The van der Waals surface area contributed by atoms with E-state index < -0.39 is 47.1 Å². The fourth-order valence-corrected chi connectivity index (χ4v) is 3.87. The lowest BCUT2D eigenvalue weighted by molar-refractivity contribution is -0.146. The number of fused-ring (bicyclic) bond motifs is 1. The number of amides is 1. The molecule has 4 atom stereocenters. The second-order valence-electron chi connectivity index (χ2n) is 6.17. The number of aromatic hydroxyl groups is 1. The molecule has 3 N–H and O–H groups in total. The van der Waals surface area contributed by atoms with Crippen LogP contribution in [-0.4, -0.2) is 51.4 Å². The van der Waals surface area contributed by atoms with E-state index in [-0.39, 0.29) is 12.1 Å². The number of benzene rings is 1. The Morgan fingerprint density at radius 3 is 2.67 bits per heavy atom. The number of aliphatic carboxylic acids is 1. The van der Waals surface area contributed by atoms with E-state index in [1.165, 1.54) is 23.1 Å². The van der Waals surface area contributed by atoms with Gasteiger partial charge in [-0.05, 0) is 12.1 Å². The summed E-state index contributed by atoms with van der Waals surface area (Å²) in [6.07, 6.45) is 2.78. The van der Waals surface area contributed by atoms with Crippen molar-refractivity contribution in [3.63, 3.8) is 0 Å². The van der Waals surface area contributed by atoms with E-state index in [2.05, 4.69) is 0 Å². The maximum atomic E-state index is 12.8. The summed E-state index contributed by atoms with van der Waals surface area (Å²) in [4.78, 5) is 36.6. The molecule has 0 aromatic heterocycles. The molecule has 8 heteroatoms. The normalized spacial score (nSPS) is 33.1. The van der Waals surface area contributed by atoms with Crippen LogP contribution in [0.1, 0.15) is 10.4 Å². The van der Waals surface area contributed by atoms with Crippen LogP contribution in [0.4, 0.5) is 5.69 Å². The third-order valence-electron chi connectivity index (χ3n) is 4.91. The van der Waals surface area contributed by atoms with Crippen LogP contribution < -0.4 is 4.90 Å². The molecule has 8 nitrogen and oxygen atoms in total. The lowest BCUT2D eigenvalue weighted by atomic mass is 9.77. The Morgan fingerprint density at radius 1 is 1.29 bits per heavy atom. The van der Waals surface area contributed by atoms with Crippen molar-refractivity contribution in [1.82, 2.24) is 0 Å². The molecule has 4 rings (SSSR count). The smallest absolute Gasteiger partial charge is 0.339 e. The molecule has 1 spiro atoms. The van der Waals surface area contributed by atoms with Crippen LogP contribution in [-0.2, 0) is 14.3 Å². The van der Waals surface area contributed by atoms with Gasteiger partial charge in [-0.25, -0.2) is 4.79 Å². The number of hydrogen-bond acceptors (Lipinski definition) is 5. The first kappa shape index (κ1) is 14.7. The van der Waals surface area contributed by atoms with Gasteiger partial charge in [0.15, 0.2) is 0 Å². The Hall–Kier alpha value is -2.87. The van der Waals surface area contributed by atoms with E-state index in [9.17, 15) is 24.6 Å². The Bertz CT molecular complexity index is 817.